The molecule has 4 heterocycles. The highest BCUT2D eigenvalue weighted by Crippen LogP contribution is 2.51. The van der Waals surface area contributed by atoms with Crippen molar-refractivity contribution in [2.45, 2.75) is 24.7 Å². The molecule has 8 nitrogen and oxygen atoms in total. The first-order chi connectivity index (χ1) is 16.0. The molecule has 172 valence electrons. The first kappa shape index (κ1) is 21.5. The van der Waals surface area contributed by atoms with Gasteiger partial charge in [-0.05, 0) is 35.7 Å². The summed E-state index contributed by atoms with van der Waals surface area (Å²) in [5, 5.41) is 2.96. The summed E-state index contributed by atoms with van der Waals surface area (Å²) >= 11 is 0. The Balaban J connectivity index is 1.26. The second kappa shape index (κ2) is 8.51. The van der Waals surface area contributed by atoms with Gasteiger partial charge in [0, 0.05) is 25.5 Å². The van der Waals surface area contributed by atoms with Crippen molar-refractivity contribution < 1.29 is 23.8 Å². The second-order valence-corrected chi connectivity index (χ2v) is 8.68. The zero-order valence-corrected chi connectivity index (χ0v) is 18.7. The summed E-state index contributed by atoms with van der Waals surface area (Å²) in [4.78, 5) is 32.3. The third-order valence-electron chi connectivity index (χ3n) is 6.79. The van der Waals surface area contributed by atoms with Crippen LogP contribution in [0.25, 0.3) is 0 Å². The third-order valence-corrected chi connectivity index (χ3v) is 6.79. The molecule has 8 heteroatoms. The number of nitrogens with zero attached hydrogens (tertiary/aromatic N) is 2. The fraction of sp³-hybridized carbons (Fsp3) is 0.400. The van der Waals surface area contributed by atoms with E-state index >= 15 is 0 Å². The number of rotatable bonds is 8. The predicted octanol–water partition coefficient (Wildman–Crippen LogP) is 1.74. The number of nitrogens with one attached hydrogen (secondary N) is 1. The number of hydrogen-bond donors (Lipinski definition) is 1. The van der Waals surface area contributed by atoms with E-state index in [-0.39, 0.29) is 17.9 Å². The number of carbonyl (C=O) groups excluding carboxylic acids is 2. The van der Waals surface area contributed by atoms with E-state index in [1.165, 1.54) is 0 Å². The first-order valence-electron chi connectivity index (χ1n) is 11.1. The molecule has 1 aromatic heterocycles. The SMILES string of the molecule is COc1ccc(CCN2CC34C=CC(O3)C(C(=O)NCc3cccnc3)C4C2=O)cc1OC. The maximum absolute atomic E-state index is 13.4. The molecule has 0 radical (unpaired) electrons. The zero-order valence-electron chi connectivity index (χ0n) is 18.7. The molecule has 2 bridgehead atoms. The van der Waals surface area contributed by atoms with Crippen LogP contribution >= 0.6 is 0 Å². The van der Waals surface area contributed by atoms with E-state index in [0.717, 1.165) is 11.1 Å². The van der Waals surface area contributed by atoms with Gasteiger partial charge in [-0.25, -0.2) is 0 Å². The minimum Gasteiger partial charge on any atom is -0.493 e. The Morgan fingerprint density at radius 2 is 2.09 bits per heavy atom. The van der Waals surface area contributed by atoms with Crippen molar-refractivity contribution in [3.05, 3.63) is 66.0 Å². The van der Waals surface area contributed by atoms with E-state index in [2.05, 4.69) is 10.3 Å². The number of carbonyl (C=O) groups is 2. The van der Waals surface area contributed by atoms with Gasteiger partial charge in [0.25, 0.3) is 0 Å². The number of hydrogen-bond acceptors (Lipinski definition) is 6. The number of pyridine rings is 1. The van der Waals surface area contributed by atoms with Gasteiger partial charge in [-0.15, -0.1) is 0 Å². The Labute approximate surface area is 192 Å². The Morgan fingerprint density at radius 1 is 1.24 bits per heavy atom. The van der Waals surface area contributed by atoms with Gasteiger partial charge in [-0.1, -0.05) is 24.3 Å². The van der Waals surface area contributed by atoms with E-state index in [1.54, 1.807) is 26.6 Å². The van der Waals surface area contributed by atoms with Crippen LogP contribution < -0.4 is 14.8 Å². The minimum absolute atomic E-state index is 0.0242. The molecule has 1 N–H and O–H groups in total. The van der Waals surface area contributed by atoms with Gasteiger partial charge in [0.1, 0.15) is 5.60 Å². The lowest BCUT2D eigenvalue weighted by Gasteiger charge is -2.23. The molecule has 1 spiro atoms. The van der Waals surface area contributed by atoms with E-state index in [4.69, 9.17) is 14.2 Å². The Kier molecular flexibility index (Phi) is 5.54. The lowest BCUT2D eigenvalue weighted by atomic mass is 9.77. The highest BCUT2D eigenvalue weighted by molar-refractivity contribution is 5.93. The minimum atomic E-state index is -0.713. The average Bonchev–Trinajstić information content (AvgIpc) is 3.49. The number of benzene rings is 1. The summed E-state index contributed by atoms with van der Waals surface area (Å²) < 4.78 is 16.9. The van der Waals surface area contributed by atoms with E-state index in [0.29, 0.717) is 37.6 Å². The normalized spacial score (nSPS) is 27.0. The second-order valence-electron chi connectivity index (χ2n) is 8.68. The fourth-order valence-electron chi connectivity index (χ4n) is 5.18. The summed E-state index contributed by atoms with van der Waals surface area (Å²) in [6, 6.07) is 9.50. The van der Waals surface area contributed by atoms with E-state index < -0.39 is 17.4 Å². The molecular formula is C25H27N3O5. The number of methoxy groups -OCH3 is 2. The Bertz CT molecular complexity index is 1090. The van der Waals surface area contributed by atoms with Gasteiger partial charge in [-0.3, -0.25) is 14.6 Å². The molecule has 0 saturated carbocycles. The number of fused-ring (bicyclic) bond motifs is 1. The molecular weight excluding hydrogens is 422 g/mol. The molecule has 3 aliphatic heterocycles. The lowest BCUT2D eigenvalue weighted by molar-refractivity contribution is -0.137. The first-order valence-corrected chi connectivity index (χ1v) is 11.1. The molecule has 2 fully saturated rings. The van der Waals surface area contributed by atoms with E-state index in [9.17, 15) is 9.59 Å². The quantitative estimate of drug-likeness (QED) is 0.618. The molecule has 3 aliphatic rings. The van der Waals surface area contributed by atoms with Crippen molar-refractivity contribution >= 4 is 11.8 Å². The van der Waals surface area contributed by atoms with Crippen LogP contribution in [-0.4, -0.2) is 60.7 Å². The van der Waals surface area contributed by atoms with Crippen LogP contribution in [0.5, 0.6) is 11.5 Å². The number of likely N-dealkylation sites (tertiary alicyclic amines) is 1. The van der Waals surface area contributed by atoms with Crippen molar-refractivity contribution in [1.29, 1.82) is 0 Å². The smallest absolute Gasteiger partial charge is 0.230 e. The standard InChI is InChI=1S/C25H27N3O5/c1-31-18-6-5-16(12-20(18)32-2)8-11-28-15-25-9-7-19(33-25)21(22(25)24(28)30)23(29)27-14-17-4-3-10-26-13-17/h3-7,9-10,12-13,19,21-22H,8,11,14-15H2,1-2H3,(H,27,29). The molecule has 2 amide bonds. The molecule has 2 saturated heterocycles. The van der Waals surface area contributed by atoms with Crippen molar-refractivity contribution in [2.24, 2.45) is 11.8 Å². The number of ether oxygens (including phenoxy) is 3. The maximum Gasteiger partial charge on any atom is 0.230 e. The Hall–Kier alpha value is -3.39. The Morgan fingerprint density at radius 3 is 2.85 bits per heavy atom. The molecule has 4 atom stereocenters. The topological polar surface area (TPSA) is 90.0 Å². The van der Waals surface area contributed by atoms with Crippen molar-refractivity contribution in [3.63, 3.8) is 0 Å². The maximum atomic E-state index is 13.4. The lowest BCUT2D eigenvalue weighted by Crippen LogP contribution is -2.44. The van der Waals surface area contributed by atoms with Crippen molar-refractivity contribution in [2.75, 3.05) is 27.3 Å². The molecule has 0 aliphatic carbocycles. The van der Waals surface area contributed by atoms with Crippen LogP contribution in [0.1, 0.15) is 11.1 Å². The van der Waals surface area contributed by atoms with Crippen LogP contribution in [-0.2, 0) is 27.3 Å². The van der Waals surface area contributed by atoms with Gasteiger partial charge in [0.05, 0.1) is 38.7 Å². The average molecular weight is 450 g/mol. The molecule has 4 unspecified atom stereocenters. The summed E-state index contributed by atoms with van der Waals surface area (Å²) in [6.07, 6.45) is 7.62. The molecule has 1 aromatic carbocycles. The molecule has 33 heavy (non-hydrogen) atoms. The summed E-state index contributed by atoms with van der Waals surface area (Å²) in [5.41, 5.74) is 1.24. The van der Waals surface area contributed by atoms with Gasteiger partial charge < -0.3 is 24.4 Å². The zero-order chi connectivity index (χ0) is 23.0. The summed E-state index contributed by atoms with van der Waals surface area (Å²) in [5.74, 6) is 0.132. The van der Waals surface area contributed by atoms with Gasteiger partial charge in [-0.2, -0.15) is 0 Å². The van der Waals surface area contributed by atoms with Crippen LogP contribution in [0, 0.1) is 11.8 Å². The number of aromatic nitrogens is 1. The van der Waals surface area contributed by atoms with Crippen LogP contribution in [0.2, 0.25) is 0 Å². The molecule has 5 rings (SSSR count). The fourth-order valence-corrected chi connectivity index (χ4v) is 5.18. The van der Waals surface area contributed by atoms with Crippen LogP contribution in [0.15, 0.2) is 54.9 Å². The van der Waals surface area contributed by atoms with Crippen LogP contribution in [0.4, 0.5) is 0 Å². The van der Waals surface area contributed by atoms with Crippen molar-refractivity contribution in [3.8, 4) is 11.5 Å². The monoisotopic (exact) mass is 449 g/mol. The largest absolute Gasteiger partial charge is 0.493 e. The summed E-state index contributed by atoms with van der Waals surface area (Å²) in [6.45, 7) is 1.37. The van der Waals surface area contributed by atoms with Gasteiger partial charge in [0.15, 0.2) is 11.5 Å². The number of amides is 2. The summed E-state index contributed by atoms with van der Waals surface area (Å²) in [7, 11) is 3.20. The predicted molar refractivity (Wildman–Crippen MR) is 120 cm³/mol. The van der Waals surface area contributed by atoms with Crippen LogP contribution in [0.3, 0.4) is 0 Å². The van der Waals surface area contributed by atoms with Crippen molar-refractivity contribution in [1.82, 2.24) is 15.2 Å². The molecule has 2 aromatic rings. The highest BCUT2D eigenvalue weighted by Gasteiger charge is 2.66. The van der Waals surface area contributed by atoms with E-state index in [1.807, 2.05) is 47.4 Å². The third kappa shape index (κ3) is 3.74. The van der Waals surface area contributed by atoms with Gasteiger partial charge in [0.2, 0.25) is 11.8 Å². The van der Waals surface area contributed by atoms with Gasteiger partial charge >= 0.3 is 0 Å². The highest BCUT2D eigenvalue weighted by atomic mass is 16.5.